The Bertz CT molecular complexity index is 372. The predicted octanol–water partition coefficient (Wildman–Crippen LogP) is 4.04. The van der Waals surface area contributed by atoms with Crippen LogP contribution in [0.4, 0.5) is 0 Å². The average molecular weight is 341 g/mol. The molecule has 1 aliphatic heterocycles. The largest absolute Gasteiger partial charge is 0.480 e. The van der Waals surface area contributed by atoms with Crippen molar-refractivity contribution in [1.82, 2.24) is 5.32 Å². The third-order valence-electron chi connectivity index (χ3n) is 4.77. The van der Waals surface area contributed by atoms with Gasteiger partial charge in [-0.05, 0) is 19.8 Å². The number of hydrogen-bond acceptors (Lipinski definition) is 4. The summed E-state index contributed by atoms with van der Waals surface area (Å²) in [5.41, 5.74) is 0. The van der Waals surface area contributed by atoms with E-state index < -0.39 is 18.1 Å². The number of carbonyl (C=O) groups excluding carboxylic acids is 1. The van der Waals surface area contributed by atoms with E-state index in [4.69, 9.17) is 9.84 Å². The summed E-state index contributed by atoms with van der Waals surface area (Å²) in [5, 5.41) is 11.7. The molecule has 3 atom stereocenters. The maximum atomic E-state index is 11.7. The van der Waals surface area contributed by atoms with Crippen molar-refractivity contribution in [3.05, 3.63) is 0 Å². The number of carbonyl (C=O) groups is 2. The van der Waals surface area contributed by atoms with Crippen LogP contribution in [-0.4, -0.2) is 35.2 Å². The molecule has 1 heterocycles. The van der Waals surface area contributed by atoms with E-state index in [-0.39, 0.29) is 12.1 Å². The van der Waals surface area contributed by atoms with Gasteiger partial charge in [-0.2, -0.15) is 0 Å². The number of hydrogen-bond donors (Lipinski definition) is 2. The predicted molar refractivity (Wildman–Crippen MR) is 95.0 cm³/mol. The van der Waals surface area contributed by atoms with E-state index in [2.05, 4.69) is 12.2 Å². The van der Waals surface area contributed by atoms with Gasteiger partial charge in [0, 0.05) is 6.42 Å². The fraction of sp³-hybridized carbons (Fsp3) is 0.895. The van der Waals surface area contributed by atoms with Crippen molar-refractivity contribution in [2.45, 2.75) is 109 Å². The summed E-state index contributed by atoms with van der Waals surface area (Å²) in [6.07, 6.45) is 14.4. The number of unbranched alkanes of at least 4 members (excludes halogenated alkanes) is 9. The molecule has 2 N–H and O–H groups in total. The highest BCUT2D eigenvalue weighted by Crippen LogP contribution is 2.21. The summed E-state index contributed by atoms with van der Waals surface area (Å²) in [6, 6.07) is -1.19. The average Bonchev–Trinajstić information content (AvgIpc) is 2.89. The van der Waals surface area contributed by atoms with E-state index in [0.29, 0.717) is 6.42 Å². The second-order valence-electron chi connectivity index (χ2n) is 7.04. The van der Waals surface area contributed by atoms with E-state index in [9.17, 15) is 9.59 Å². The molecule has 5 nitrogen and oxygen atoms in total. The Morgan fingerprint density at radius 2 is 1.67 bits per heavy atom. The summed E-state index contributed by atoms with van der Waals surface area (Å²) in [6.45, 7) is 3.79. The highest BCUT2D eigenvalue weighted by molar-refractivity contribution is 5.80. The standard InChI is InChI=1S/C19H35NO4/c1-3-4-5-6-7-8-9-10-11-12-13-16-14-17(19(23)24-16)20-15(2)18(21)22/h15-17,20H,3-14H2,1-2H3,(H,21,22)/t15-,16?,17?/m0/s1. The molecule has 0 aromatic carbocycles. The molecule has 0 spiro atoms. The molecule has 0 amide bonds. The summed E-state index contributed by atoms with van der Waals surface area (Å²) < 4.78 is 5.34. The van der Waals surface area contributed by atoms with E-state index in [1.807, 2.05) is 0 Å². The number of nitrogens with one attached hydrogen (secondary N) is 1. The van der Waals surface area contributed by atoms with Gasteiger partial charge in [-0.15, -0.1) is 0 Å². The van der Waals surface area contributed by atoms with Crippen molar-refractivity contribution in [3.63, 3.8) is 0 Å². The third kappa shape index (κ3) is 8.67. The number of ether oxygens (including phenoxy) is 1. The zero-order valence-corrected chi connectivity index (χ0v) is 15.4. The lowest BCUT2D eigenvalue weighted by Crippen LogP contribution is -2.43. The highest BCUT2D eigenvalue weighted by Gasteiger charge is 2.35. The van der Waals surface area contributed by atoms with Crippen molar-refractivity contribution < 1.29 is 19.4 Å². The monoisotopic (exact) mass is 341 g/mol. The maximum Gasteiger partial charge on any atom is 0.323 e. The summed E-state index contributed by atoms with van der Waals surface area (Å²) in [4.78, 5) is 22.6. The Morgan fingerprint density at radius 1 is 1.12 bits per heavy atom. The molecular formula is C19H35NO4. The van der Waals surface area contributed by atoms with Crippen LogP contribution in [0.2, 0.25) is 0 Å². The van der Waals surface area contributed by atoms with Gasteiger partial charge in [-0.3, -0.25) is 14.9 Å². The molecule has 1 fully saturated rings. The van der Waals surface area contributed by atoms with Gasteiger partial charge < -0.3 is 9.84 Å². The SMILES string of the molecule is CCCCCCCCCCCCC1CC(N[C@@H](C)C(=O)O)C(=O)O1. The number of carboxylic acids is 1. The van der Waals surface area contributed by atoms with Gasteiger partial charge in [-0.25, -0.2) is 0 Å². The first-order valence-electron chi connectivity index (χ1n) is 9.74. The van der Waals surface area contributed by atoms with Crippen LogP contribution in [0.1, 0.15) is 90.9 Å². The number of rotatable bonds is 14. The van der Waals surface area contributed by atoms with E-state index in [0.717, 1.165) is 12.8 Å². The Balaban J connectivity index is 2.00. The minimum atomic E-state index is -0.944. The number of aliphatic carboxylic acids is 1. The van der Waals surface area contributed by atoms with Crippen molar-refractivity contribution in [3.8, 4) is 0 Å². The third-order valence-corrected chi connectivity index (χ3v) is 4.77. The van der Waals surface area contributed by atoms with Crippen LogP contribution in [0.15, 0.2) is 0 Å². The Kier molecular flexibility index (Phi) is 10.7. The summed E-state index contributed by atoms with van der Waals surface area (Å²) >= 11 is 0. The molecule has 24 heavy (non-hydrogen) atoms. The Hall–Kier alpha value is -1.10. The van der Waals surface area contributed by atoms with E-state index in [1.165, 1.54) is 57.8 Å². The normalized spacial score (nSPS) is 21.7. The van der Waals surface area contributed by atoms with Crippen molar-refractivity contribution >= 4 is 11.9 Å². The first-order valence-corrected chi connectivity index (χ1v) is 9.74. The van der Waals surface area contributed by atoms with Crippen LogP contribution in [0, 0.1) is 0 Å². The molecule has 1 aliphatic rings. The van der Waals surface area contributed by atoms with Crippen molar-refractivity contribution in [2.24, 2.45) is 0 Å². The van der Waals surface area contributed by atoms with Crippen LogP contribution in [0.25, 0.3) is 0 Å². The Morgan fingerprint density at radius 3 is 2.21 bits per heavy atom. The van der Waals surface area contributed by atoms with Crippen LogP contribution < -0.4 is 5.32 Å². The van der Waals surface area contributed by atoms with Crippen molar-refractivity contribution in [1.29, 1.82) is 0 Å². The molecule has 0 bridgehead atoms. The Labute approximate surface area is 146 Å². The molecule has 0 radical (unpaired) electrons. The molecule has 2 unspecified atom stereocenters. The zero-order chi connectivity index (χ0) is 17.8. The topological polar surface area (TPSA) is 75.6 Å². The molecule has 140 valence electrons. The van der Waals surface area contributed by atoms with Crippen LogP contribution in [0.3, 0.4) is 0 Å². The second kappa shape index (κ2) is 12.3. The maximum absolute atomic E-state index is 11.7. The molecule has 0 saturated carbocycles. The molecule has 5 heteroatoms. The lowest BCUT2D eigenvalue weighted by molar-refractivity contribution is -0.144. The molecule has 0 aromatic rings. The zero-order valence-electron chi connectivity index (χ0n) is 15.4. The van der Waals surface area contributed by atoms with Gasteiger partial charge in [-0.1, -0.05) is 64.7 Å². The lowest BCUT2D eigenvalue weighted by Gasteiger charge is -2.12. The molecule has 1 rings (SSSR count). The minimum absolute atomic E-state index is 0.0509. The molecule has 0 aromatic heterocycles. The van der Waals surface area contributed by atoms with Gasteiger partial charge in [0.25, 0.3) is 0 Å². The van der Waals surface area contributed by atoms with Crippen LogP contribution >= 0.6 is 0 Å². The number of esters is 1. The van der Waals surface area contributed by atoms with E-state index >= 15 is 0 Å². The number of carboxylic acid groups (broad SMARTS) is 1. The smallest absolute Gasteiger partial charge is 0.323 e. The first kappa shape index (κ1) is 20.9. The fourth-order valence-corrected chi connectivity index (χ4v) is 3.20. The first-order chi connectivity index (χ1) is 11.5. The summed E-state index contributed by atoms with van der Waals surface area (Å²) in [5.74, 6) is -1.25. The molecule has 1 saturated heterocycles. The summed E-state index contributed by atoms with van der Waals surface area (Å²) in [7, 11) is 0. The van der Waals surface area contributed by atoms with Crippen molar-refractivity contribution in [2.75, 3.05) is 0 Å². The van der Waals surface area contributed by atoms with E-state index in [1.54, 1.807) is 6.92 Å². The minimum Gasteiger partial charge on any atom is -0.480 e. The van der Waals surface area contributed by atoms with Crippen LogP contribution in [0.5, 0.6) is 0 Å². The van der Waals surface area contributed by atoms with Gasteiger partial charge in [0.2, 0.25) is 0 Å². The second-order valence-corrected chi connectivity index (χ2v) is 7.04. The van der Waals surface area contributed by atoms with Crippen LogP contribution in [-0.2, 0) is 14.3 Å². The van der Waals surface area contributed by atoms with Gasteiger partial charge in [0.05, 0.1) is 0 Å². The molecular weight excluding hydrogens is 306 g/mol. The van der Waals surface area contributed by atoms with Gasteiger partial charge in [0.1, 0.15) is 18.2 Å². The quantitative estimate of drug-likeness (QED) is 0.368. The molecule has 0 aliphatic carbocycles. The number of cyclic esters (lactones) is 1. The lowest BCUT2D eigenvalue weighted by atomic mass is 10.0. The highest BCUT2D eigenvalue weighted by atomic mass is 16.6. The van der Waals surface area contributed by atoms with Gasteiger partial charge in [0.15, 0.2) is 0 Å². The fourth-order valence-electron chi connectivity index (χ4n) is 3.20. The van der Waals surface area contributed by atoms with Gasteiger partial charge >= 0.3 is 11.9 Å².